The van der Waals surface area contributed by atoms with Gasteiger partial charge in [-0.15, -0.1) is 4.58 Å². The number of amides is 2. The van der Waals surface area contributed by atoms with Crippen LogP contribution in [0.25, 0.3) is 16.6 Å². The molecule has 252 valence electrons. The molecule has 2 aromatic heterocycles. The van der Waals surface area contributed by atoms with Crippen LogP contribution < -0.4 is 5.32 Å². The van der Waals surface area contributed by atoms with Gasteiger partial charge in [-0.1, -0.05) is 30.2 Å². The standard InChI is InChI=1S/C36H33FN4O6S2/c1-3-36(45)22-14-26-32-20(16-41(26)33(42)21(22)17-46-34(36)43)31-24(12-11-19-18(2)23(37)15-25(39-32)30(19)31)40-35(44)47-27-8-4-5-9-28(27)48-49-29-10-6-7-13-38-29/h6-7,10,13-16,24,27-28,45H,3-5,8-9,11-12,17H2,1-2H3/p+1/t24-,27-,28-,36-/m0/s1. The lowest BCUT2D eigenvalue weighted by Gasteiger charge is -2.32. The lowest BCUT2D eigenvalue weighted by atomic mass is 9.81. The molecule has 49 heavy (non-hydrogen) atoms. The number of esters is 1. The van der Waals surface area contributed by atoms with Gasteiger partial charge in [0, 0.05) is 29.3 Å². The predicted octanol–water partition coefficient (Wildman–Crippen LogP) is 5.86. The smallest absolute Gasteiger partial charge is 0.425 e. The number of fused-ring (bicyclic) bond motifs is 4. The van der Waals surface area contributed by atoms with Crippen molar-refractivity contribution < 1.29 is 37.9 Å². The summed E-state index contributed by atoms with van der Waals surface area (Å²) in [5.74, 6) is -1.63. The van der Waals surface area contributed by atoms with Gasteiger partial charge in [-0.3, -0.25) is 0 Å². The number of halogens is 1. The van der Waals surface area contributed by atoms with Crippen molar-refractivity contribution in [2.24, 2.45) is 0 Å². The molecule has 10 nitrogen and oxygen atoms in total. The Morgan fingerprint density at radius 2 is 2.08 bits per heavy atom. The maximum Gasteiger partial charge on any atom is 0.425 e. The van der Waals surface area contributed by atoms with E-state index in [4.69, 9.17) is 14.5 Å². The summed E-state index contributed by atoms with van der Waals surface area (Å²) in [6.07, 6.45) is 9.01. The number of benzene rings is 1. The normalized spacial score (nSPS) is 25.6. The number of rotatable bonds is 6. The number of pyridine rings is 2. The summed E-state index contributed by atoms with van der Waals surface area (Å²) in [7, 11) is 3.26. The fraction of sp³-hybridized carbons (Fsp3) is 0.389. The molecule has 0 bridgehead atoms. The first-order valence-corrected chi connectivity index (χ1v) is 18.8. The summed E-state index contributed by atoms with van der Waals surface area (Å²) in [5.41, 5.74) is 2.28. The number of nitrogens with one attached hydrogen (secondary N) is 1. The first-order chi connectivity index (χ1) is 23.7. The zero-order valence-corrected chi connectivity index (χ0v) is 28.6. The molecule has 2 N–H and O–H groups in total. The highest BCUT2D eigenvalue weighted by atomic mass is 33.1. The zero-order valence-electron chi connectivity index (χ0n) is 27.0. The lowest BCUT2D eigenvalue weighted by molar-refractivity contribution is -0.349. The van der Waals surface area contributed by atoms with Gasteiger partial charge < -0.3 is 19.9 Å². The average molecular weight is 702 g/mol. The molecule has 2 aliphatic carbocycles. The average Bonchev–Trinajstić information content (AvgIpc) is 3.48. The van der Waals surface area contributed by atoms with Gasteiger partial charge in [0.2, 0.25) is 5.70 Å². The minimum atomic E-state index is -1.98. The molecule has 0 unspecified atom stereocenters. The predicted molar refractivity (Wildman–Crippen MR) is 182 cm³/mol. The van der Waals surface area contributed by atoms with E-state index in [1.807, 2.05) is 18.2 Å². The zero-order chi connectivity index (χ0) is 34.0. The van der Waals surface area contributed by atoms with Crippen molar-refractivity contribution in [3.63, 3.8) is 0 Å². The van der Waals surface area contributed by atoms with E-state index >= 15 is 4.39 Å². The van der Waals surface area contributed by atoms with Crippen LogP contribution in [-0.2, 0) is 25.5 Å². The summed E-state index contributed by atoms with van der Waals surface area (Å²) < 4.78 is 28.0. The largest absolute Gasteiger partial charge is 0.458 e. The van der Waals surface area contributed by atoms with E-state index in [-0.39, 0.29) is 41.3 Å². The number of ether oxygens (including phenoxy) is 2. The van der Waals surface area contributed by atoms with Crippen LogP contribution >= 0.6 is 21.6 Å². The van der Waals surface area contributed by atoms with Crippen molar-refractivity contribution >= 4 is 62.4 Å². The second-order valence-electron chi connectivity index (χ2n) is 13.0. The number of carbonyl (C=O) groups excluding carboxylic acids is 3. The first kappa shape index (κ1) is 32.2. The van der Waals surface area contributed by atoms with Crippen molar-refractivity contribution in [2.45, 2.75) is 86.8 Å². The van der Waals surface area contributed by atoms with Gasteiger partial charge in [-0.2, -0.15) is 0 Å². The van der Waals surface area contributed by atoms with Crippen LogP contribution in [0.5, 0.6) is 0 Å². The first-order valence-electron chi connectivity index (χ1n) is 16.6. The van der Waals surface area contributed by atoms with Gasteiger partial charge in [0.1, 0.15) is 34.8 Å². The Hall–Kier alpha value is -4.07. The molecule has 4 atom stereocenters. The van der Waals surface area contributed by atoms with E-state index in [9.17, 15) is 19.5 Å². The van der Waals surface area contributed by atoms with E-state index in [1.165, 1.54) is 10.6 Å². The number of hydrogen-bond donors (Lipinski definition) is 2. The van der Waals surface area contributed by atoms with Crippen molar-refractivity contribution in [1.29, 1.82) is 0 Å². The number of carbonyl (C=O) groups is 3. The van der Waals surface area contributed by atoms with E-state index < -0.39 is 29.6 Å². The molecule has 0 saturated heterocycles. The number of aromatic nitrogens is 2. The molecule has 0 spiro atoms. The highest BCUT2D eigenvalue weighted by molar-refractivity contribution is 8.76. The Balaban J connectivity index is 1.14. The molecule has 0 radical (unpaired) electrons. The summed E-state index contributed by atoms with van der Waals surface area (Å²) in [5, 5.41) is 16.2. The summed E-state index contributed by atoms with van der Waals surface area (Å²) >= 11 is 0. The number of nitrogens with zero attached hydrogens (tertiary/aromatic N) is 3. The number of cyclic esters (lactones) is 1. The van der Waals surface area contributed by atoms with Gasteiger partial charge in [0.25, 0.3) is 0 Å². The molecule has 1 fully saturated rings. The summed E-state index contributed by atoms with van der Waals surface area (Å²) in [4.78, 5) is 49.4. The number of hydrogen-bond acceptors (Lipinski definition) is 10. The van der Waals surface area contributed by atoms with Crippen molar-refractivity contribution in [3.05, 3.63) is 81.4 Å². The van der Waals surface area contributed by atoms with Crippen molar-refractivity contribution in [1.82, 2.24) is 15.3 Å². The number of aryl methyl sites for hydroxylation is 1. The molecule has 8 rings (SSSR count). The molecule has 13 heteroatoms. The molecular weight excluding hydrogens is 668 g/mol. The van der Waals surface area contributed by atoms with Crippen molar-refractivity contribution in [2.75, 3.05) is 6.61 Å². The number of aliphatic hydroxyl groups is 1. The highest BCUT2D eigenvalue weighted by Gasteiger charge is 2.53. The Morgan fingerprint density at radius 3 is 2.88 bits per heavy atom. The molecule has 1 aromatic carbocycles. The van der Waals surface area contributed by atoms with Gasteiger partial charge in [-0.25, -0.2) is 28.7 Å². The monoisotopic (exact) mass is 701 g/mol. The fourth-order valence-corrected chi connectivity index (χ4v) is 10.3. The van der Waals surface area contributed by atoms with E-state index in [0.717, 1.165) is 47.2 Å². The second-order valence-corrected chi connectivity index (χ2v) is 15.5. The minimum Gasteiger partial charge on any atom is -0.458 e. The minimum absolute atomic E-state index is 0.0127. The Kier molecular flexibility index (Phi) is 8.11. The third kappa shape index (κ3) is 5.28. The molecular formula is C36H34FN4O6S2+. The van der Waals surface area contributed by atoms with Gasteiger partial charge in [0.05, 0.1) is 22.4 Å². The maximum absolute atomic E-state index is 15.3. The summed E-state index contributed by atoms with van der Waals surface area (Å²) in [6, 6.07) is 6.67. The second kappa shape index (κ2) is 12.4. The van der Waals surface area contributed by atoms with E-state index in [2.05, 4.69) is 10.3 Å². The Labute approximate surface area is 289 Å². The maximum atomic E-state index is 15.3. The van der Waals surface area contributed by atoms with Crippen LogP contribution in [0.1, 0.15) is 79.4 Å². The molecule has 5 heterocycles. The van der Waals surface area contributed by atoms with E-state index in [0.29, 0.717) is 40.9 Å². The fourth-order valence-electron chi connectivity index (χ4n) is 7.64. The van der Waals surface area contributed by atoms with Gasteiger partial charge in [-0.05, 0) is 85.1 Å². The van der Waals surface area contributed by atoms with Crippen LogP contribution in [0, 0.1) is 12.7 Å². The third-order valence-electron chi connectivity index (χ3n) is 10.3. The Bertz CT molecular complexity index is 2050. The molecule has 3 aliphatic heterocycles. The molecule has 3 aromatic rings. The van der Waals surface area contributed by atoms with Crippen molar-refractivity contribution in [3.8, 4) is 0 Å². The van der Waals surface area contributed by atoms with Crippen LogP contribution in [0.15, 0.2) is 52.7 Å². The Morgan fingerprint density at radius 1 is 1.24 bits per heavy atom. The third-order valence-corrected chi connectivity index (χ3v) is 13.1. The molecule has 2 amide bonds. The molecule has 1 saturated carbocycles. The van der Waals surface area contributed by atoms with Gasteiger partial charge in [0.15, 0.2) is 11.8 Å². The molecule has 5 aliphatic rings. The SMILES string of the molecule is CC[C@@]1(O)C(=O)OCC2=C1C=C1c3nc4cc(F)c(C)c5c4c(c3C=[N+]1C2=O)[C@@H](NC(=O)O[C@H]1CCCC[C@@H]1SSc1ccccn1)CC5. The number of alkyl carbamates (subject to hydrolysis) is 1. The topological polar surface area (TPSA) is 131 Å². The van der Waals surface area contributed by atoms with Crippen LogP contribution in [0.4, 0.5) is 9.18 Å². The summed E-state index contributed by atoms with van der Waals surface area (Å²) in [6.45, 7) is 3.13. The quantitative estimate of drug-likeness (QED) is 0.183. The van der Waals surface area contributed by atoms with Gasteiger partial charge >= 0.3 is 18.0 Å². The highest BCUT2D eigenvalue weighted by Crippen LogP contribution is 2.46. The van der Waals surface area contributed by atoms with E-state index in [1.54, 1.807) is 53.9 Å². The van der Waals surface area contributed by atoms with Crippen LogP contribution in [0.2, 0.25) is 0 Å². The van der Waals surface area contributed by atoms with Crippen LogP contribution in [-0.4, -0.2) is 67.4 Å². The lowest BCUT2D eigenvalue weighted by Crippen LogP contribution is -2.48. The van der Waals surface area contributed by atoms with Crippen LogP contribution in [0.3, 0.4) is 0 Å².